The van der Waals surface area contributed by atoms with Crippen molar-refractivity contribution in [2.75, 3.05) is 51.7 Å². The van der Waals surface area contributed by atoms with Crippen LogP contribution in [0.15, 0.2) is 48.7 Å². The average molecular weight is 497 g/mol. The lowest BCUT2D eigenvalue weighted by molar-refractivity contribution is 0.0406. The molecule has 0 spiro atoms. The van der Waals surface area contributed by atoms with Gasteiger partial charge < -0.3 is 15.5 Å². The van der Waals surface area contributed by atoms with Gasteiger partial charge in [-0.2, -0.15) is 0 Å². The van der Waals surface area contributed by atoms with E-state index in [-0.39, 0.29) is 11.7 Å². The van der Waals surface area contributed by atoms with Gasteiger partial charge in [-0.1, -0.05) is 30.3 Å². The van der Waals surface area contributed by atoms with E-state index >= 15 is 0 Å². The molecule has 5 rings (SSSR count). The molecule has 3 N–H and O–H groups in total. The highest BCUT2D eigenvalue weighted by Crippen LogP contribution is 2.37. The first-order valence-corrected chi connectivity index (χ1v) is 13.8. The van der Waals surface area contributed by atoms with Crippen LogP contribution in [0.4, 0.5) is 0 Å². The molecule has 0 atom stereocenters. The number of nitrogens with zero attached hydrogens (tertiary/aromatic N) is 2. The fourth-order valence-electron chi connectivity index (χ4n) is 5.23. The van der Waals surface area contributed by atoms with Crippen molar-refractivity contribution in [1.29, 1.82) is 0 Å². The Hall–Kier alpha value is -2.72. The number of hydrogen-bond donors (Lipinski definition) is 2. The maximum atomic E-state index is 13.0. The maximum absolute atomic E-state index is 13.0. The van der Waals surface area contributed by atoms with Gasteiger partial charge in [-0.15, -0.1) is 0 Å². The normalized spacial score (nSPS) is 18.7. The van der Waals surface area contributed by atoms with Gasteiger partial charge in [-0.3, -0.25) is 9.69 Å². The molecule has 0 unspecified atom stereocenters. The fraction of sp³-hybridized carbons (Fsp3) is 0.423. The highest BCUT2D eigenvalue weighted by atomic mass is 32.2. The Balaban J connectivity index is 1.33. The van der Waals surface area contributed by atoms with Crippen molar-refractivity contribution in [2.45, 2.75) is 18.8 Å². The smallest absolute Gasteiger partial charge is 0.250 e. The first-order chi connectivity index (χ1) is 16.9. The summed E-state index contributed by atoms with van der Waals surface area (Å²) in [5.41, 5.74) is 10.0. The molecule has 35 heavy (non-hydrogen) atoms. The van der Waals surface area contributed by atoms with Gasteiger partial charge in [-0.05, 0) is 47.6 Å². The summed E-state index contributed by atoms with van der Waals surface area (Å²) in [6.45, 7) is 4.46. The lowest BCUT2D eigenvalue weighted by Gasteiger charge is -2.32. The van der Waals surface area contributed by atoms with E-state index in [1.807, 2.05) is 42.6 Å². The summed E-state index contributed by atoms with van der Waals surface area (Å²) in [4.78, 5) is 17.6. The Morgan fingerprint density at radius 1 is 1.03 bits per heavy atom. The zero-order valence-corrected chi connectivity index (χ0v) is 20.6. The Bertz CT molecular complexity index is 1290. The number of nitrogens with one attached hydrogen (secondary N) is 1. The average Bonchev–Trinajstić information content (AvgIpc) is 3.32. The van der Waals surface area contributed by atoms with Crippen LogP contribution >= 0.6 is 0 Å². The SMILES string of the molecule is NC(=O)c1cc(-c2ccccc2)cc2c(C3CCN(S(=O)(=O)CCN4CCOCC4)CC3)c[nH]c12. The quantitative estimate of drug-likeness (QED) is 0.523. The number of hydrogen-bond acceptors (Lipinski definition) is 5. The molecule has 3 heterocycles. The van der Waals surface area contributed by atoms with Crippen molar-refractivity contribution < 1.29 is 17.9 Å². The molecule has 1 aromatic heterocycles. The number of morpholine rings is 1. The van der Waals surface area contributed by atoms with E-state index in [1.54, 1.807) is 4.31 Å². The van der Waals surface area contributed by atoms with Crippen LogP contribution in [-0.4, -0.2) is 80.2 Å². The number of carbonyl (C=O) groups is 1. The summed E-state index contributed by atoms with van der Waals surface area (Å²) in [7, 11) is -3.30. The monoisotopic (exact) mass is 496 g/mol. The molecular weight excluding hydrogens is 464 g/mol. The first kappa shape index (κ1) is 24.0. The molecule has 2 aromatic carbocycles. The first-order valence-electron chi connectivity index (χ1n) is 12.2. The number of piperidine rings is 1. The minimum Gasteiger partial charge on any atom is -0.379 e. The molecule has 1 amide bonds. The third kappa shape index (κ3) is 5.13. The predicted molar refractivity (Wildman–Crippen MR) is 137 cm³/mol. The third-order valence-electron chi connectivity index (χ3n) is 7.25. The second kappa shape index (κ2) is 10.1. The number of fused-ring (bicyclic) bond motifs is 1. The van der Waals surface area contributed by atoms with Crippen molar-refractivity contribution in [3.05, 3.63) is 59.8 Å². The van der Waals surface area contributed by atoms with E-state index in [0.29, 0.717) is 38.4 Å². The molecule has 2 aliphatic heterocycles. The molecular formula is C26H32N4O4S. The lowest BCUT2D eigenvalue weighted by atomic mass is 9.88. The summed E-state index contributed by atoms with van der Waals surface area (Å²) >= 11 is 0. The van der Waals surface area contributed by atoms with Gasteiger partial charge in [0.1, 0.15) is 0 Å². The maximum Gasteiger partial charge on any atom is 0.250 e. The van der Waals surface area contributed by atoms with Gasteiger partial charge in [0.25, 0.3) is 5.91 Å². The Labute approximate surface area is 206 Å². The standard InChI is InChI=1S/C26H32N4O4S/c27-26(31)23-17-21(19-4-2-1-3-5-19)16-22-24(18-28-25(22)23)20-6-8-30(9-7-20)35(32,33)15-12-29-10-13-34-14-11-29/h1-5,16-18,20,28H,6-15H2,(H2,27,31). The largest absolute Gasteiger partial charge is 0.379 e. The molecule has 0 aliphatic carbocycles. The van der Waals surface area contributed by atoms with Gasteiger partial charge in [0.05, 0.1) is 30.0 Å². The summed E-state index contributed by atoms with van der Waals surface area (Å²) in [5.74, 6) is -0.115. The molecule has 2 saturated heterocycles. The minimum absolute atomic E-state index is 0.146. The van der Waals surface area contributed by atoms with E-state index in [4.69, 9.17) is 10.5 Å². The van der Waals surface area contributed by atoms with Crippen LogP contribution in [-0.2, 0) is 14.8 Å². The topological polar surface area (TPSA) is 109 Å². The molecule has 0 radical (unpaired) electrons. The molecule has 186 valence electrons. The van der Waals surface area contributed by atoms with Crippen molar-refractivity contribution in [3.63, 3.8) is 0 Å². The lowest BCUT2D eigenvalue weighted by Crippen LogP contribution is -2.44. The van der Waals surface area contributed by atoms with E-state index in [2.05, 4.69) is 16.0 Å². The summed E-state index contributed by atoms with van der Waals surface area (Å²) in [6, 6.07) is 13.9. The Morgan fingerprint density at radius 2 is 1.74 bits per heavy atom. The summed E-state index contributed by atoms with van der Waals surface area (Å²) in [5, 5.41) is 0.980. The number of sulfonamides is 1. The minimum atomic E-state index is -3.30. The highest BCUT2D eigenvalue weighted by Gasteiger charge is 2.30. The number of aromatic amines is 1. The molecule has 0 saturated carbocycles. The Kier molecular flexibility index (Phi) is 6.93. The molecule has 3 aromatic rings. The van der Waals surface area contributed by atoms with Crippen LogP contribution < -0.4 is 5.73 Å². The van der Waals surface area contributed by atoms with Crippen molar-refractivity contribution in [2.24, 2.45) is 5.73 Å². The van der Waals surface area contributed by atoms with Crippen LogP contribution in [0.2, 0.25) is 0 Å². The molecule has 9 heteroatoms. The van der Waals surface area contributed by atoms with Crippen molar-refractivity contribution in [1.82, 2.24) is 14.2 Å². The number of amides is 1. The van der Waals surface area contributed by atoms with Gasteiger partial charge in [0.15, 0.2) is 0 Å². The number of ether oxygens (including phenoxy) is 1. The van der Waals surface area contributed by atoms with Gasteiger partial charge in [0.2, 0.25) is 10.0 Å². The Morgan fingerprint density at radius 3 is 2.43 bits per heavy atom. The number of carbonyl (C=O) groups excluding carboxylic acids is 1. The predicted octanol–water partition coefficient (Wildman–Crippen LogP) is 2.78. The molecule has 2 aliphatic rings. The molecule has 2 fully saturated rings. The van der Waals surface area contributed by atoms with Gasteiger partial charge in [0, 0.05) is 44.3 Å². The zero-order chi connectivity index (χ0) is 24.4. The van der Waals surface area contributed by atoms with Crippen LogP contribution in [0.25, 0.3) is 22.0 Å². The highest BCUT2D eigenvalue weighted by molar-refractivity contribution is 7.89. The fourth-order valence-corrected chi connectivity index (χ4v) is 6.74. The number of primary amides is 1. The van der Waals surface area contributed by atoms with E-state index in [0.717, 1.165) is 53.5 Å². The van der Waals surface area contributed by atoms with Crippen LogP contribution in [0.5, 0.6) is 0 Å². The van der Waals surface area contributed by atoms with Crippen LogP contribution in [0.1, 0.15) is 34.7 Å². The van der Waals surface area contributed by atoms with E-state index in [1.165, 1.54) is 0 Å². The van der Waals surface area contributed by atoms with Gasteiger partial charge in [-0.25, -0.2) is 12.7 Å². The van der Waals surface area contributed by atoms with E-state index in [9.17, 15) is 13.2 Å². The van der Waals surface area contributed by atoms with Gasteiger partial charge >= 0.3 is 0 Å². The number of H-pyrrole nitrogens is 1. The second-order valence-electron chi connectivity index (χ2n) is 9.36. The number of rotatable bonds is 7. The number of nitrogens with two attached hydrogens (primary N) is 1. The number of benzene rings is 2. The van der Waals surface area contributed by atoms with Crippen LogP contribution in [0, 0.1) is 0 Å². The zero-order valence-electron chi connectivity index (χ0n) is 19.8. The van der Waals surface area contributed by atoms with Crippen LogP contribution in [0.3, 0.4) is 0 Å². The third-order valence-corrected chi connectivity index (χ3v) is 9.10. The van der Waals surface area contributed by atoms with Crippen molar-refractivity contribution >= 4 is 26.8 Å². The summed E-state index contributed by atoms with van der Waals surface area (Å²) < 4.78 is 32.9. The van der Waals surface area contributed by atoms with E-state index < -0.39 is 15.9 Å². The van der Waals surface area contributed by atoms with Crippen molar-refractivity contribution in [3.8, 4) is 11.1 Å². The molecule has 8 nitrogen and oxygen atoms in total. The number of aromatic nitrogens is 1. The summed E-state index contributed by atoms with van der Waals surface area (Å²) in [6.07, 6.45) is 3.44. The molecule has 0 bridgehead atoms. The second-order valence-corrected chi connectivity index (χ2v) is 11.5.